The van der Waals surface area contributed by atoms with Crippen LogP contribution in [0.15, 0.2) is 0 Å². The highest BCUT2D eigenvalue weighted by molar-refractivity contribution is 7.17. The van der Waals surface area contributed by atoms with Crippen molar-refractivity contribution in [2.45, 2.75) is 39.5 Å². The molecule has 0 bridgehead atoms. The highest BCUT2D eigenvalue weighted by Crippen LogP contribution is 2.32. The summed E-state index contributed by atoms with van der Waals surface area (Å²) in [6.45, 7) is 3.64. The van der Waals surface area contributed by atoms with E-state index in [-0.39, 0.29) is 12.5 Å². The van der Waals surface area contributed by atoms with Gasteiger partial charge in [0.15, 0.2) is 5.13 Å². The molecule has 1 aromatic rings. The van der Waals surface area contributed by atoms with Crippen molar-refractivity contribution in [3.05, 3.63) is 10.6 Å². The fraction of sp³-hybridized carbons (Fsp3) is 0.600. The maximum atomic E-state index is 12.4. The fourth-order valence-corrected chi connectivity index (χ4v) is 3.64. The summed E-state index contributed by atoms with van der Waals surface area (Å²) >= 11 is 1.04. The van der Waals surface area contributed by atoms with Crippen molar-refractivity contribution >= 4 is 34.3 Å². The monoisotopic (exact) mass is 340 g/mol. The van der Waals surface area contributed by atoms with Crippen LogP contribution < -0.4 is 5.32 Å². The summed E-state index contributed by atoms with van der Waals surface area (Å²) in [5.74, 6) is -2.97. The van der Waals surface area contributed by atoms with Gasteiger partial charge in [0.1, 0.15) is 4.88 Å². The van der Waals surface area contributed by atoms with Crippen LogP contribution in [0.2, 0.25) is 0 Å². The molecule has 0 radical (unpaired) electrons. The van der Waals surface area contributed by atoms with E-state index < -0.39 is 23.8 Å². The summed E-state index contributed by atoms with van der Waals surface area (Å²) in [6.07, 6.45) is 2.73. The number of aliphatic carboxylic acids is 1. The minimum atomic E-state index is -0.938. The molecule has 7 nitrogen and oxygen atoms in total. The third-order valence-corrected chi connectivity index (χ3v) is 4.96. The van der Waals surface area contributed by atoms with E-state index in [1.54, 1.807) is 13.8 Å². The Kier molecular flexibility index (Phi) is 5.70. The number of thiazole rings is 1. The summed E-state index contributed by atoms with van der Waals surface area (Å²) in [7, 11) is 0. The lowest BCUT2D eigenvalue weighted by molar-refractivity contribution is -0.147. The van der Waals surface area contributed by atoms with Crippen molar-refractivity contribution in [2.75, 3.05) is 11.9 Å². The molecule has 8 heteroatoms. The van der Waals surface area contributed by atoms with Gasteiger partial charge in [-0.15, -0.1) is 0 Å². The number of hydrogen-bond acceptors (Lipinski definition) is 6. The second-order valence-corrected chi connectivity index (χ2v) is 6.48. The van der Waals surface area contributed by atoms with Crippen LogP contribution in [0.1, 0.15) is 48.0 Å². The quantitative estimate of drug-likeness (QED) is 0.798. The molecule has 1 fully saturated rings. The van der Waals surface area contributed by atoms with Gasteiger partial charge in [-0.1, -0.05) is 24.2 Å². The van der Waals surface area contributed by atoms with Crippen LogP contribution in [0.4, 0.5) is 5.13 Å². The minimum Gasteiger partial charge on any atom is -0.481 e. The fourth-order valence-electron chi connectivity index (χ4n) is 2.77. The van der Waals surface area contributed by atoms with E-state index >= 15 is 0 Å². The van der Waals surface area contributed by atoms with Crippen LogP contribution in [0.5, 0.6) is 0 Å². The number of aromatic nitrogens is 1. The van der Waals surface area contributed by atoms with Gasteiger partial charge in [0.2, 0.25) is 5.91 Å². The minimum absolute atomic E-state index is 0.264. The van der Waals surface area contributed by atoms with E-state index in [9.17, 15) is 19.5 Å². The van der Waals surface area contributed by atoms with E-state index in [0.717, 1.165) is 24.2 Å². The largest absolute Gasteiger partial charge is 0.481 e. The summed E-state index contributed by atoms with van der Waals surface area (Å²) < 4.78 is 4.93. The Morgan fingerprint density at radius 3 is 2.57 bits per heavy atom. The van der Waals surface area contributed by atoms with Gasteiger partial charge in [-0.3, -0.25) is 9.59 Å². The third-order valence-electron chi connectivity index (χ3n) is 3.91. The molecule has 1 heterocycles. The van der Waals surface area contributed by atoms with Gasteiger partial charge < -0.3 is 15.2 Å². The second-order valence-electron chi connectivity index (χ2n) is 5.48. The van der Waals surface area contributed by atoms with Gasteiger partial charge in [0.25, 0.3) is 0 Å². The number of amides is 1. The molecule has 0 spiro atoms. The average Bonchev–Trinajstić information content (AvgIpc) is 2.88. The molecule has 0 aliphatic heterocycles. The molecule has 1 aliphatic carbocycles. The number of aryl methyl sites for hydroxylation is 1. The van der Waals surface area contributed by atoms with Crippen molar-refractivity contribution in [3.8, 4) is 0 Å². The lowest BCUT2D eigenvalue weighted by atomic mass is 9.79. The maximum absolute atomic E-state index is 12.4. The number of rotatable bonds is 5. The van der Waals surface area contributed by atoms with E-state index in [1.165, 1.54) is 0 Å². The van der Waals surface area contributed by atoms with E-state index in [1.807, 2.05) is 0 Å². The highest BCUT2D eigenvalue weighted by Gasteiger charge is 2.36. The Hall–Kier alpha value is -1.96. The molecule has 126 valence electrons. The SMILES string of the molecule is CCOC(=O)c1sc(NC(=O)[C@@H]2CCCC[C@H]2C(=O)O)nc1C. The number of carboxylic acids is 1. The lowest BCUT2D eigenvalue weighted by Crippen LogP contribution is -2.36. The molecule has 1 saturated carbocycles. The van der Waals surface area contributed by atoms with Gasteiger partial charge in [-0.2, -0.15) is 0 Å². The zero-order valence-electron chi connectivity index (χ0n) is 13.1. The zero-order valence-corrected chi connectivity index (χ0v) is 13.9. The number of hydrogen-bond donors (Lipinski definition) is 2. The van der Waals surface area contributed by atoms with Crippen LogP contribution in [0.25, 0.3) is 0 Å². The predicted molar refractivity (Wildman–Crippen MR) is 84.5 cm³/mol. The number of carboxylic acid groups (broad SMARTS) is 1. The van der Waals surface area contributed by atoms with Crippen molar-refractivity contribution in [3.63, 3.8) is 0 Å². The third kappa shape index (κ3) is 4.07. The molecule has 0 unspecified atom stereocenters. The molecule has 2 atom stereocenters. The summed E-state index contributed by atoms with van der Waals surface area (Å²) in [6, 6.07) is 0. The zero-order chi connectivity index (χ0) is 17.0. The van der Waals surface area contributed by atoms with Crippen LogP contribution in [-0.2, 0) is 14.3 Å². The van der Waals surface area contributed by atoms with Gasteiger partial charge >= 0.3 is 11.9 Å². The first-order valence-electron chi connectivity index (χ1n) is 7.62. The lowest BCUT2D eigenvalue weighted by Gasteiger charge is -2.26. The Balaban J connectivity index is 2.09. The van der Waals surface area contributed by atoms with Gasteiger partial charge in [-0.25, -0.2) is 9.78 Å². The normalized spacial score (nSPS) is 20.8. The van der Waals surface area contributed by atoms with Crippen LogP contribution in [0.3, 0.4) is 0 Å². The number of ether oxygens (including phenoxy) is 1. The Labute approximate surface area is 138 Å². The first kappa shape index (κ1) is 17.4. The molecular formula is C15H20N2O5S. The van der Waals surface area contributed by atoms with Gasteiger partial charge in [-0.05, 0) is 26.7 Å². The molecule has 2 N–H and O–H groups in total. The Bertz CT molecular complexity index is 613. The topological polar surface area (TPSA) is 106 Å². The summed E-state index contributed by atoms with van der Waals surface area (Å²) in [5.41, 5.74) is 0.488. The molecule has 1 amide bonds. The molecule has 1 aromatic heterocycles. The van der Waals surface area contributed by atoms with E-state index in [4.69, 9.17) is 4.74 Å². The molecular weight excluding hydrogens is 320 g/mol. The number of esters is 1. The first-order chi connectivity index (χ1) is 10.9. The van der Waals surface area contributed by atoms with Gasteiger partial charge in [0, 0.05) is 0 Å². The number of carbonyl (C=O) groups excluding carboxylic acids is 2. The number of nitrogens with zero attached hydrogens (tertiary/aromatic N) is 1. The van der Waals surface area contributed by atoms with Crippen LogP contribution >= 0.6 is 11.3 Å². The van der Waals surface area contributed by atoms with E-state index in [0.29, 0.717) is 28.5 Å². The van der Waals surface area contributed by atoms with Crippen LogP contribution in [0, 0.1) is 18.8 Å². The summed E-state index contributed by atoms with van der Waals surface area (Å²) in [5, 5.41) is 12.2. The molecule has 2 rings (SSSR count). The molecule has 0 aromatic carbocycles. The van der Waals surface area contributed by atoms with Gasteiger partial charge in [0.05, 0.1) is 24.1 Å². The Morgan fingerprint density at radius 2 is 1.96 bits per heavy atom. The Morgan fingerprint density at radius 1 is 1.30 bits per heavy atom. The molecule has 23 heavy (non-hydrogen) atoms. The van der Waals surface area contributed by atoms with Crippen molar-refractivity contribution < 1.29 is 24.2 Å². The van der Waals surface area contributed by atoms with Crippen LogP contribution in [-0.4, -0.2) is 34.5 Å². The smallest absolute Gasteiger partial charge is 0.350 e. The predicted octanol–water partition coefficient (Wildman–Crippen LogP) is 2.46. The second kappa shape index (κ2) is 7.54. The number of anilines is 1. The maximum Gasteiger partial charge on any atom is 0.350 e. The molecule has 1 aliphatic rings. The van der Waals surface area contributed by atoms with Crippen molar-refractivity contribution in [2.24, 2.45) is 11.8 Å². The average molecular weight is 340 g/mol. The number of nitrogens with one attached hydrogen (secondary N) is 1. The van der Waals surface area contributed by atoms with Crippen molar-refractivity contribution in [1.29, 1.82) is 0 Å². The van der Waals surface area contributed by atoms with Crippen molar-refractivity contribution in [1.82, 2.24) is 4.98 Å². The number of carbonyl (C=O) groups is 3. The summed E-state index contributed by atoms with van der Waals surface area (Å²) in [4.78, 5) is 39.9. The molecule has 0 saturated heterocycles. The standard InChI is InChI=1S/C15H20N2O5S/c1-3-22-14(21)11-8(2)16-15(23-11)17-12(18)9-6-4-5-7-10(9)13(19)20/h9-10H,3-7H2,1-2H3,(H,19,20)(H,16,17,18)/t9-,10-/m1/s1. The van der Waals surface area contributed by atoms with E-state index in [2.05, 4.69) is 10.3 Å². The first-order valence-corrected chi connectivity index (χ1v) is 8.44. The highest BCUT2D eigenvalue weighted by atomic mass is 32.1.